The van der Waals surface area contributed by atoms with Gasteiger partial charge in [0, 0.05) is 36.2 Å². The molecule has 0 aliphatic rings. The highest BCUT2D eigenvalue weighted by atomic mass is 16.1. The molecule has 1 N–H and O–H groups in total. The normalized spacial score (nSPS) is 10.8. The largest absolute Gasteiger partial charge is 0.348 e. The van der Waals surface area contributed by atoms with E-state index >= 15 is 0 Å². The van der Waals surface area contributed by atoms with Gasteiger partial charge in [0.1, 0.15) is 12.7 Å². The van der Waals surface area contributed by atoms with Crippen LogP contribution in [0.25, 0.3) is 5.82 Å². The highest BCUT2D eigenvalue weighted by molar-refractivity contribution is 5.95. The van der Waals surface area contributed by atoms with E-state index in [1.807, 2.05) is 50.2 Å². The van der Waals surface area contributed by atoms with E-state index in [1.165, 1.54) is 11.9 Å². The number of pyridine rings is 1. The van der Waals surface area contributed by atoms with Gasteiger partial charge in [-0.15, -0.1) is 0 Å². The number of carbonyl (C=O) groups is 1. The van der Waals surface area contributed by atoms with Crippen LogP contribution in [-0.4, -0.2) is 30.2 Å². The molecule has 146 valence electrons. The van der Waals surface area contributed by atoms with Crippen LogP contribution in [0, 0.1) is 13.8 Å². The van der Waals surface area contributed by atoms with Crippen molar-refractivity contribution in [1.82, 2.24) is 29.6 Å². The minimum absolute atomic E-state index is 0.106. The summed E-state index contributed by atoms with van der Waals surface area (Å²) in [6, 6.07) is 15.9. The maximum Gasteiger partial charge on any atom is 0.253 e. The van der Waals surface area contributed by atoms with Crippen molar-refractivity contribution in [3.05, 3.63) is 95.5 Å². The zero-order chi connectivity index (χ0) is 20.2. The first-order valence-electron chi connectivity index (χ1n) is 9.41. The Kier molecular flexibility index (Phi) is 5.20. The summed E-state index contributed by atoms with van der Waals surface area (Å²) in [4.78, 5) is 21.2. The van der Waals surface area contributed by atoms with Crippen LogP contribution in [0.3, 0.4) is 0 Å². The van der Waals surface area contributed by atoms with Gasteiger partial charge in [0.05, 0.1) is 5.56 Å². The van der Waals surface area contributed by atoms with Gasteiger partial charge in [-0.1, -0.05) is 36.4 Å². The second-order valence-electron chi connectivity index (χ2n) is 6.87. The Bertz CT molecular complexity index is 1120. The summed E-state index contributed by atoms with van der Waals surface area (Å²) >= 11 is 0. The van der Waals surface area contributed by atoms with Gasteiger partial charge in [-0.05, 0) is 31.5 Å². The fraction of sp³-hybridized carbons (Fsp3) is 0.182. The van der Waals surface area contributed by atoms with Gasteiger partial charge in [-0.3, -0.25) is 4.79 Å². The van der Waals surface area contributed by atoms with Crippen LogP contribution in [0.4, 0.5) is 0 Å². The van der Waals surface area contributed by atoms with Gasteiger partial charge >= 0.3 is 0 Å². The molecule has 0 aliphatic carbocycles. The molecule has 4 aromatic rings. The Morgan fingerprint density at radius 2 is 1.93 bits per heavy atom. The first-order chi connectivity index (χ1) is 14.1. The van der Waals surface area contributed by atoms with Crippen LogP contribution in [0.1, 0.15) is 32.9 Å². The minimum atomic E-state index is -0.106. The summed E-state index contributed by atoms with van der Waals surface area (Å²) in [5, 5.41) is 7.14. The number of nitrogens with zero attached hydrogens (tertiary/aromatic N) is 5. The van der Waals surface area contributed by atoms with Crippen molar-refractivity contribution in [3.63, 3.8) is 0 Å². The maximum atomic E-state index is 12.9. The lowest BCUT2D eigenvalue weighted by Crippen LogP contribution is -2.24. The van der Waals surface area contributed by atoms with Crippen molar-refractivity contribution in [2.24, 2.45) is 0 Å². The molecular formula is C22H22N6O. The standard InChI is InChI=1S/C22H22N6O/c1-16-11-20(17(2)27(16)13-18-7-4-3-5-8-18)22(29)25-12-19-9-6-10-24-21(19)28-15-23-14-26-28/h3-11,14-15H,12-13H2,1-2H3,(H,25,29). The lowest BCUT2D eigenvalue weighted by Gasteiger charge is -2.11. The lowest BCUT2D eigenvalue weighted by molar-refractivity contribution is 0.0950. The van der Waals surface area contributed by atoms with E-state index in [0.717, 1.165) is 23.5 Å². The van der Waals surface area contributed by atoms with Crippen molar-refractivity contribution in [2.45, 2.75) is 26.9 Å². The maximum absolute atomic E-state index is 12.9. The van der Waals surface area contributed by atoms with E-state index in [4.69, 9.17) is 0 Å². The molecule has 7 heteroatoms. The van der Waals surface area contributed by atoms with Crippen LogP contribution >= 0.6 is 0 Å². The van der Waals surface area contributed by atoms with Gasteiger partial charge in [-0.2, -0.15) is 5.10 Å². The van der Waals surface area contributed by atoms with Crippen molar-refractivity contribution < 1.29 is 4.79 Å². The van der Waals surface area contributed by atoms with Crippen LogP contribution in [-0.2, 0) is 13.1 Å². The quantitative estimate of drug-likeness (QED) is 0.552. The molecular weight excluding hydrogens is 364 g/mol. The zero-order valence-corrected chi connectivity index (χ0v) is 16.4. The molecule has 0 aliphatic heterocycles. The molecule has 0 fully saturated rings. The molecule has 4 rings (SSSR count). The first-order valence-corrected chi connectivity index (χ1v) is 9.41. The zero-order valence-electron chi connectivity index (χ0n) is 16.4. The van der Waals surface area contributed by atoms with Crippen molar-refractivity contribution in [1.29, 1.82) is 0 Å². The summed E-state index contributed by atoms with van der Waals surface area (Å²) in [5.74, 6) is 0.547. The average molecular weight is 386 g/mol. The van der Waals surface area contributed by atoms with Crippen LogP contribution < -0.4 is 5.32 Å². The second-order valence-corrected chi connectivity index (χ2v) is 6.87. The third kappa shape index (κ3) is 3.94. The second kappa shape index (κ2) is 8.10. The van der Waals surface area contributed by atoms with E-state index in [9.17, 15) is 4.79 Å². The van der Waals surface area contributed by atoms with E-state index in [2.05, 4.69) is 37.1 Å². The Hall–Kier alpha value is -3.74. The summed E-state index contributed by atoms with van der Waals surface area (Å²) in [7, 11) is 0. The number of amides is 1. The summed E-state index contributed by atoms with van der Waals surface area (Å²) < 4.78 is 3.75. The monoisotopic (exact) mass is 386 g/mol. The van der Waals surface area contributed by atoms with Gasteiger partial charge in [0.15, 0.2) is 5.82 Å². The Morgan fingerprint density at radius 3 is 2.69 bits per heavy atom. The fourth-order valence-corrected chi connectivity index (χ4v) is 3.40. The molecule has 0 radical (unpaired) electrons. The summed E-state index contributed by atoms with van der Waals surface area (Å²) in [6.07, 6.45) is 4.74. The van der Waals surface area contributed by atoms with Crippen LogP contribution in [0.15, 0.2) is 67.4 Å². The molecule has 0 unspecified atom stereocenters. The third-order valence-electron chi connectivity index (χ3n) is 4.94. The highest BCUT2D eigenvalue weighted by Gasteiger charge is 2.16. The van der Waals surface area contributed by atoms with E-state index in [0.29, 0.717) is 17.9 Å². The number of aromatic nitrogens is 5. The molecule has 0 bridgehead atoms. The number of rotatable bonds is 6. The van der Waals surface area contributed by atoms with Gasteiger partial charge in [0.2, 0.25) is 0 Å². The topological polar surface area (TPSA) is 77.6 Å². The summed E-state index contributed by atoms with van der Waals surface area (Å²) in [5.41, 5.74) is 4.76. The molecule has 7 nitrogen and oxygen atoms in total. The van der Waals surface area contributed by atoms with Crippen molar-refractivity contribution in [3.8, 4) is 5.82 Å². The lowest BCUT2D eigenvalue weighted by atomic mass is 10.2. The van der Waals surface area contributed by atoms with Crippen molar-refractivity contribution >= 4 is 5.91 Å². The van der Waals surface area contributed by atoms with E-state index in [-0.39, 0.29) is 5.91 Å². The number of hydrogen-bond donors (Lipinski definition) is 1. The van der Waals surface area contributed by atoms with E-state index in [1.54, 1.807) is 17.2 Å². The average Bonchev–Trinajstić information content (AvgIpc) is 3.37. The number of nitrogens with one attached hydrogen (secondary N) is 1. The molecule has 0 spiro atoms. The predicted octanol–water partition coefficient (Wildman–Crippen LogP) is 3.06. The van der Waals surface area contributed by atoms with Crippen LogP contribution in [0.5, 0.6) is 0 Å². The van der Waals surface area contributed by atoms with Gasteiger partial charge in [-0.25, -0.2) is 14.6 Å². The first kappa shape index (κ1) is 18.6. The molecule has 1 aromatic carbocycles. The molecule has 3 heterocycles. The number of carbonyl (C=O) groups excluding carboxylic acids is 1. The number of aryl methyl sites for hydroxylation is 1. The summed E-state index contributed by atoms with van der Waals surface area (Å²) in [6.45, 7) is 5.10. The van der Waals surface area contributed by atoms with E-state index < -0.39 is 0 Å². The Balaban J connectivity index is 1.51. The molecule has 0 atom stereocenters. The van der Waals surface area contributed by atoms with Crippen LogP contribution in [0.2, 0.25) is 0 Å². The molecule has 29 heavy (non-hydrogen) atoms. The van der Waals surface area contributed by atoms with Gasteiger partial charge in [0.25, 0.3) is 5.91 Å². The highest BCUT2D eigenvalue weighted by Crippen LogP contribution is 2.18. The SMILES string of the molecule is Cc1cc(C(=O)NCc2cccnc2-n2cncn2)c(C)n1Cc1ccccc1. The van der Waals surface area contributed by atoms with Crippen molar-refractivity contribution in [2.75, 3.05) is 0 Å². The fourth-order valence-electron chi connectivity index (χ4n) is 3.40. The predicted molar refractivity (Wildman–Crippen MR) is 110 cm³/mol. The molecule has 0 saturated heterocycles. The molecule has 1 amide bonds. The molecule has 3 aromatic heterocycles. The smallest absolute Gasteiger partial charge is 0.253 e. The van der Waals surface area contributed by atoms with Gasteiger partial charge < -0.3 is 9.88 Å². The third-order valence-corrected chi connectivity index (χ3v) is 4.94. The molecule has 0 saturated carbocycles. The number of benzene rings is 1. The Morgan fingerprint density at radius 1 is 1.10 bits per heavy atom. The number of hydrogen-bond acceptors (Lipinski definition) is 4. The Labute approximate surface area is 169 Å². The minimum Gasteiger partial charge on any atom is -0.348 e.